The molecule has 6 heteroatoms. The van der Waals surface area contributed by atoms with Crippen LogP contribution in [0.15, 0.2) is 15.2 Å². The van der Waals surface area contributed by atoms with Gasteiger partial charge in [-0.2, -0.15) is 8.42 Å². The predicted octanol–water partition coefficient (Wildman–Crippen LogP) is 1.84. The Hall–Kier alpha value is -0.350. The summed E-state index contributed by atoms with van der Waals surface area (Å²) in [4.78, 5) is 0. The van der Waals surface area contributed by atoms with E-state index in [1.165, 1.54) is 11.3 Å². The monoisotopic (exact) mass is 294 g/mol. The van der Waals surface area contributed by atoms with E-state index in [1.54, 1.807) is 0 Å². The van der Waals surface area contributed by atoms with Gasteiger partial charge in [0.05, 0.1) is 10.0 Å². The van der Waals surface area contributed by atoms with E-state index in [0.717, 1.165) is 15.6 Å². The molecule has 3 nitrogen and oxygen atoms in total. The van der Waals surface area contributed by atoms with Crippen molar-refractivity contribution in [2.24, 2.45) is 0 Å². The van der Waals surface area contributed by atoms with E-state index < -0.39 is 10.1 Å². The zero-order chi connectivity index (χ0) is 10.6. The molecule has 0 unspecified atom stereocenters. The molecule has 0 aliphatic heterocycles. The van der Waals surface area contributed by atoms with Crippen LogP contribution in [-0.4, -0.2) is 21.3 Å². The van der Waals surface area contributed by atoms with Crippen LogP contribution in [0.3, 0.4) is 0 Å². The molecule has 0 saturated heterocycles. The van der Waals surface area contributed by atoms with Crippen molar-refractivity contribution in [2.45, 2.75) is 0 Å². The minimum atomic E-state index is -3.38. The SMILES string of the molecule is CS(=O)(=O)OCC#Cc1csc(Br)c1. The third-order valence-corrected chi connectivity index (χ3v) is 3.20. The van der Waals surface area contributed by atoms with Gasteiger partial charge in [0.25, 0.3) is 10.1 Å². The summed E-state index contributed by atoms with van der Waals surface area (Å²) in [5.74, 6) is 5.39. The second-order valence-electron chi connectivity index (χ2n) is 2.41. The highest BCUT2D eigenvalue weighted by molar-refractivity contribution is 9.11. The fraction of sp³-hybridized carbons (Fsp3) is 0.250. The Balaban J connectivity index is 2.50. The Morgan fingerprint density at radius 2 is 2.36 bits per heavy atom. The van der Waals surface area contributed by atoms with E-state index >= 15 is 0 Å². The molecule has 0 fully saturated rings. The van der Waals surface area contributed by atoms with Crippen LogP contribution in [0.25, 0.3) is 0 Å². The first-order chi connectivity index (χ1) is 6.47. The Labute approximate surface area is 95.3 Å². The lowest BCUT2D eigenvalue weighted by Gasteiger charge is -1.91. The molecule has 1 aromatic rings. The first-order valence-corrected chi connectivity index (χ1v) is 7.03. The topological polar surface area (TPSA) is 43.4 Å². The van der Waals surface area contributed by atoms with Gasteiger partial charge >= 0.3 is 0 Å². The molecule has 1 rings (SSSR count). The maximum absolute atomic E-state index is 10.6. The third-order valence-electron chi connectivity index (χ3n) is 1.15. The fourth-order valence-electron chi connectivity index (χ4n) is 0.650. The zero-order valence-corrected chi connectivity index (χ0v) is 10.5. The van der Waals surface area contributed by atoms with Crippen LogP contribution < -0.4 is 0 Å². The highest BCUT2D eigenvalue weighted by atomic mass is 79.9. The molecule has 0 bridgehead atoms. The molecule has 0 spiro atoms. The van der Waals surface area contributed by atoms with E-state index in [-0.39, 0.29) is 6.61 Å². The van der Waals surface area contributed by atoms with E-state index in [2.05, 4.69) is 32.0 Å². The average molecular weight is 295 g/mol. The lowest BCUT2D eigenvalue weighted by molar-refractivity contribution is 0.368. The molecule has 0 aromatic carbocycles. The maximum atomic E-state index is 10.6. The third kappa shape index (κ3) is 4.77. The van der Waals surface area contributed by atoms with Gasteiger partial charge in [0.15, 0.2) is 0 Å². The summed E-state index contributed by atoms with van der Waals surface area (Å²) in [6.45, 7) is -0.105. The fourth-order valence-corrected chi connectivity index (χ4v) is 2.01. The number of rotatable bonds is 2. The molecule has 0 N–H and O–H groups in total. The lowest BCUT2D eigenvalue weighted by atomic mass is 10.3. The molecule has 0 saturated carbocycles. The smallest absolute Gasteiger partial charge is 0.257 e. The first-order valence-electron chi connectivity index (χ1n) is 3.55. The standard InChI is InChI=1S/C8H7BrO3S2/c1-14(10,11)12-4-2-3-7-5-8(9)13-6-7/h5-6H,4H2,1H3. The summed E-state index contributed by atoms with van der Waals surface area (Å²) in [6.07, 6.45) is 0.996. The van der Waals surface area contributed by atoms with E-state index in [9.17, 15) is 8.42 Å². The Morgan fingerprint density at radius 1 is 1.64 bits per heavy atom. The van der Waals surface area contributed by atoms with Crippen molar-refractivity contribution in [1.82, 2.24) is 0 Å². The summed E-state index contributed by atoms with van der Waals surface area (Å²) < 4.78 is 26.5. The summed E-state index contributed by atoms with van der Waals surface area (Å²) >= 11 is 4.82. The van der Waals surface area contributed by atoms with Crippen LogP contribution in [0.1, 0.15) is 5.56 Å². The summed E-state index contributed by atoms with van der Waals surface area (Å²) in [5.41, 5.74) is 0.846. The molecule has 0 atom stereocenters. The van der Waals surface area contributed by atoms with Crippen molar-refractivity contribution >= 4 is 37.4 Å². The minimum Gasteiger partial charge on any atom is -0.257 e. The molecule has 0 amide bonds. The zero-order valence-electron chi connectivity index (χ0n) is 7.28. The van der Waals surface area contributed by atoms with Crippen LogP contribution in [0.2, 0.25) is 0 Å². The first kappa shape index (κ1) is 11.7. The number of halogens is 1. The van der Waals surface area contributed by atoms with Gasteiger partial charge in [-0.3, -0.25) is 4.18 Å². The normalized spacial score (nSPS) is 10.7. The molecule has 0 aliphatic rings. The molecular weight excluding hydrogens is 288 g/mol. The van der Waals surface area contributed by atoms with Gasteiger partial charge < -0.3 is 0 Å². The van der Waals surface area contributed by atoms with Gasteiger partial charge in [-0.25, -0.2) is 0 Å². The lowest BCUT2D eigenvalue weighted by Crippen LogP contribution is -2.02. The van der Waals surface area contributed by atoms with Crippen LogP contribution in [0, 0.1) is 11.8 Å². The molecule has 1 aromatic heterocycles. The molecule has 0 aliphatic carbocycles. The molecule has 0 radical (unpaired) electrons. The van der Waals surface area contributed by atoms with Crippen molar-refractivity contribution in [2.75, 3.05) is 12.9 Å². The van der Waals surface area contributed by atoms with Crippen molar-refractivity contribution < 1.29 is 12.6 Å². The molecule has 1 heterocycles. The van der Waals surface area contributed by atoms with Crippen molar-refractivity contribution in [3.63, 3.8) is 0 Å². The molecule has 76 valence electrons. The Bertz CT molecular complexity index is 464. The minimum absolute atomic E-state index is 0.105. The van der Waals surface area contributed by atoms with Gasteiger partial charge in [0.1, 0.15) is 6.61 Å². The molecular formula is C8H7BrO3S2. The quantitative estimate of drug-likeness (QED) is 0.617. The van der Waals surface area contributed by atoms with Crippen LogP contribution >= 0.6 is 27.3 Å². The largest absolute Gasteiger partial charge is 0.265 e. The second-order valence-corrected chi connectivity index (χ2v) is 6.34. The number of hydrogen-bond donors (Lipinski definition) is 0. The highest BCUT2D eigenvalue weighted by Crippen LogP contribution is 2.19. The second kappa shape index (κ2) is 4.94. The van der Waals surface area contributed by atoms with Gasteiger partial charge in [-0.1, -0.05) is 11.8 Å². The number of thiophene rings is 1. The van der Waals surface area contributed by atoms with Gasteiger partial charge in [-0.15, -0.1) is 11.3 Å². The van der Waals surface area contributed by atoms with Gasteiger partial charge in [0.2, 0.25) is 0 Å². The van der Waals surface area contributed by atoms with Gasteiger partial charge in [-0.05, 0) is 22.0 Å². The molecule has 14 heavy (non-hydrogen) atoms. The predicted molar refractivity (Wildman–Crippen MR) is 59.7 cm³/mol. The van der Waals surface area contributed by atoms with E-state index in [0.29, 0.717) is 0 Å². The van der Waals surface area contributed by atoms with Crippen molar-refractivity contribution in [1.29, 1.82) is 0 Å². The summed E-state index contributed by atoms with van der Waals surface area (Å²) in [7, 11) is -3.38. The average Bonchev–Trinajstić information content (AvgIpc) is 2.44. The van der Waals surface area contributed by atoms with Crippen LogP contribution in [0.4, 0.5) is 0 Å². The maximum Gasteiger partial charge on any atom is 0.265 e. The van der Waals surface area contributed by atoms with Crippen molar-refractivity contribution in [3.05, 3.63) is 20.8 Å². The van der Waals surface area contributed by atoms with E-state index in [1.807, 2.05) is 11.4 Å². The van der Waals surface area contributed by atoms with Crippen LogP contribution in [-0.2, 0) is 14.3 Å². The Kier molecular flexibility index (Phi) is 4.13. The van der Waals surface area contributed by atoms with Crippen molar-refractivity contribution in [3.8, 4) is 11.8 Å². The Morgan fingerprint density at radius 3 is 2.86 bits per heavy atom. The summed E-state index contributed by atoms with van der Waals surface area (Å²) in [6, 6.07) is 1.86. The number of hydrogen-bond acceptors (Lipinski definition) is 4. The van der Waals surface area contributed by atoms with Crippen LogP contribution in [0.5, 0.6) is 0 Å². The van der Waals surface area contributed by atoms with Gasteiger partial charge in [0, 0.05) is 10.9 Å². The summed E-state index contributed by atoms with van der Waals surface area (Å²) in [5, 5.41) is 1.87. The van der Waals surface area contributed by atoms with E-state index in [4.69, 9.17) is 0 Å². The highest BCUT2D eigenvalue weighted by Gasteiger charge is 1.97.